The fraction of sp³-hybridized carbons (Fsp3) is 0.308. The van der Waals surface area contributed by atoms with Gasteiger partial charge in [0.25, 0.3) is 0 Å². The molecular formula is C13H16N2S. The Morgan fingerprint density at radius 2 is 1.94 bits per heavy atom. The molecule has 0 spiro atoms. The number of anilines is 1. The maximum Gasteiger partial charge on any atom is 0.182 e. The molecule has 0 aliphatic rings. The van der Waals surface area contributed by atoms with E-state index in [4.69, 9.17) is 0 Å². The molecule has 0 radical (unpaired) electrons. The van der Waals surface area contributed by atoms with Crippen molar-refractivity contribution in [3.63, 3.8) is 0 Å². The van der Waals surface area contributed by atoms with E-state index in [-0.39, 0.29) is 0 Å². The van der Waals surface area contributed by atoms with Gasteiger partial charge < -0.3 is 5.32 Å². The second-order valence-corrected chi connectivity index (χ2v) is 5.17. The summed E-state index contributed by atoms with van der Waals surface area (Å²) >= 11 is 1.70. The predicted molar refractivity (Wildman–Crippen MR) is 70.2 cm³/mol. The Kier molecular flexibility index (Phi) is 3.57. The number of nitrogens with one attached hydrogen (secondary N) is 1. The van der Waals surface area contributed by atoms with Crippen LogP contribution in [0.15, 0.2) is 30.5 Å². The number of thiazole rings is 1. The third-order valence-corrected chi connectivity index (χ3v) is 3.30. The maximum absolute atomic E-state index is 4.27. The molecule has 1 heterocycles. The molecule has 2 rings (SSSR count). The largest absolute Gasteiger partial charge is 0.361 e. The van der Waals surface area contributed by atoms with Crippen LogP contribution in [-0.2, 0) is 6.42 Å². The van der Waals surface area contributed by atoms with Gasteiger partial charge in [0.2, 0.25) is 0 Å². The zero-order valence-electron chi connectivity index (χ0n) is 9.66. The van der Waals surface area contributed by atoms with Gasteiger partial charge >= 0.3 is 0 Å². The maximum atomic E-state index is 4.27. The summed E-state index contributed by atoms with van der Waals surface area (Å²) in [5.74, 6) is 0. The quantitative estimate of drug-likeness (QED) is 0.873. The second kappa shape index (κ2) is 5.12. The fourth-order valence-corrected chi connectivity index (χ4v) is 2.19. The minimum atomic E-state index is 0.940. The molecule has 2 nitrogen and oxygen atoms in total. The van der Waals surface area contributed by atoms with Crippen LogP contribution in [0.2, 0.25) is 0 Å². The molecule has 0 bridgehead atoms. The molecule has 0 aliphatic carbocycles. The van der Waals surface area contributed by atoms with Gasteiger partial charge in [0.1, 0.15) is 0 Å². The number of hydrogen-bond acceptors (Lipinski definition) is 3. The van der Waals surface area contributed by atoms with Crippen LogP contribution in [-0.4, -0.2) is 11.5 Å². The first-order valence-electron chi connectivity index (χ1n) is 5.46. The molecule has 0 amide bonds. The van der Waals surface area contributed by atoms with Crippen molar-refractivity contribution in [1.29, 1.82) is 0 Å². The highest BCUT2D eigenvalue weighted by Crippen LogP contribution is 2.16. The van der Waals surface area contributed by atoms with E-state index in [1.807, 2.05) is 6.20 Å². The Bertz CT molecular complexity index is 445. The van der Waals surface area contributed by atoms with E-state index in [1.165, 1.54) is 16.0 Å². The lowest BCUT2D eigenvalue weighted by Gasteiger charge is -2.03. The van der Waals surface area contributed by atoms with Crippen LogP contribution in [0, 0.1) is 13.8 Å². The Hall–Kier alpha value is -1.35. The summed E-state index contributed by atoms with van der Waals surface area (Å²) in [6, 6.07) is 8.68. The van der Waals surface area contributed by atoms with Gasteiger partial charge in [-0.3, -0.25) is 0 Å². The van der Waals surface area contributed by atoms with E-state index in [0.29, 0.717) is 0 Å². The van der Waals surface area contributed by atoms with Crippen molar-refractivity contribution in [3.05, 3.63) is 46.5 Å². The van der Waals surface area contributed by atoms with Gasteiger partial charge in [-0.25, -0.2) is 4.98 Å². The molecule has 3 heteroatoms. The number of benzene rings is 1. The monoisotopic (exact) mass is 232 g/mol. The normalized spacial score (nSPS) is 10.4. The summed E-state index contributed by atoms with van der Waals surface area (Å²) in [4.78, 5) is 5.52. The van der Waals surface area contributed by atoms with Gasteiger partial charge in [-0.1, -0.05) is 29.8 Å². The number of aryl methyl sites for hydroxylation is 2. The lowest BCUT2D eigenvalue weighted by molar-refractivity contribution is 1.01. The predicted octanol–water partition coefficient (Wildman–Crippen LogP) is 3.41. The van der Waals surface area contributed by atoms with Crippen molar-refractivity contribution in [2.24, 2.45) is 0 Å². The molecule has 0 atom stereocenters. The molecule has 1 N–H and O–H groups in total. The smallest absolute Gasteiger partial charge is 0.182 e. The summed E-state index contributed by atoms with van der Waals surface area (Å²) < 4.78 is 0. The molecule has 0 aliphatic heterocycles. The third kappa shape index (κ3) is 3.07. The zero-order valence-corrected chi connectivity index (χ0v) is 10.5. The molecule has 0 saturated heterocycles. The fourth-order valence-electron chi connectivity index (χ4n) is 1.50. The summed E-state index contributed by atoms with van der Waals surface area (Å²) in [6.07, 6.45) is 2.94. The molecule has 1 aromatic carbocycles. The molecule has 2 aromatic rings. The summed E-state index contributed by atoms with van der Waals surface area (Å²) in [5, 5.41) is 4.35. The first-order valence-corrected chi connectivity index (χ1v) is 6.27. The average molecular weight is 232 g/mol. The Labute approximate surface area is 100 Å². The van der Waals surface area contributed by atoms with Gasteiger partial charge in [0.15, 0.2) is 5.13 Å². The summed E-state index contributed by atoms with van der Waals surface area (Å²) in [5.41, 5.74) is 2.68. The number of nitrogens with zero attached hydrogens (tertiary/aromatic N) is 1. The minimum Gasteiger partial charge on any atom is -0.361 e. The molecule has 0 unspecified atom stereocenters. The standard InChI is InChI=1S/C13H16N2S/c1-10-3-5-12(6-4-10)7-8-14-13-15-9-11(2)16-13/h3-6,9H,7-8H2,1-2H3,(H,14,15). The first kappa shape index (κ1) is 11.1. The van der Waals surface area contributed by atoms with Gasteiger partial charge in [0.05, 0.1) is 0 Å². The van der Waals surface area contributed by atoms with Crippen LogP contribution in [0.3, 0.4) is 0 Å². The van der Waals surface area contributed by atoms with E-state index in [2.05, 4.69) is 48.4 Å². The SMILES string of the molecule is Cc1ccc(CCNc2ncc(C)s2)cc1. The van der Waals surface area contributed by atoms with Gasteiger partial charge in [-0.2, -0.15) is 0 Å². The Morgan fingerprint density at radius 3 is 2.56 bits per heavy atom. The van der Waals surface area contributed by atoms with E-state index >= 15 is 0 Å². The number of rotatable bonds is 4. The average Bonchev–Trinajstić information content (AvgIpc) is 2.67. The molecule has 16 heavy (non-hydrogen) atoms. The topological polar surface area (TPSA) is 24.9 Å². The second-order valence-electron chi connectivity index (χ2n) is 3.94. The number of hydrogen-bond donors (Lipinski definition) is 1. The molecule has 0 fully saturated rings. The summed E-state index contributed by atoms with van der Waals surface area (Å²) in [7, 11) is 0. The van der Waals surface area contributed by atoms with E-state index < -0.39 is 0 Å². The van der Waals surface area contributed by atoms with Crippen LogP contribution < -0.4 is 5.32 Å². The Morgan fingerprint density at radius 1 is 1.19 bits per heavy atom. The number of aromatic nitrogens is 1. The van der Waals surface area contributed by atoms with Gasteiger partial charge in [0, 0.05) is 17.6 Å². The zero-order chi connectivity index (χ0) is 11.4. The van der Waals surface area contributed by atoms with Crippen LogP contribution >= 0.6 is 11.3 Å². The van der Waals surface area contributed by atoms with Gasteiger partial charge in [-0.15, -0.1) is 11.3 Å². The van der Waals surface area contributed by atoms with E-state index in [0.717, 1.165) is 18.1 Å². The van der Waals surface area contributed by atoms with Crippen molar-refractivity contribution in [1.82, 2.24) is 4.98 Å². The van der Waals surface area contributed by atoms with Crippen LogP contribution in [0.5, 0.6) is 0 Å². The van der Waals surface area contributed by atoms with Crippen molar-refractivity contribution >= 4 is 16.5 Å². The van der Waals surface area contributed by atoms with E-state index in [9.17, 15) is 0 Å². The minimum absolute atomic E-state index is 0.940. The van der Waals surface area contributed by atoms with Gasteiger partial charge in [-0.05, 0) is 25.8 Å². The van der Waals surface area contributed by atoms with Crippen molar-refractivity contribution < 1.29 is 0 Å². The highest BCUT2D eigenvalue weighted by molar-refractivity contribution is 7.15. The van der Waals surface area contributed by atoms with Crippen molar-refractivity contribution in [2.45, 2.75) is 20.3 Å². The van der Waals surface area contributed by atoms with E-state index in [1.54, 1.807) is 11.3 Å². The summed E-state index contributed by atoms with van der Waals surface area (Å²) in [6.45, 7) is 5.12. The van der Waals surface area contributed by atoms with Crippen molar-refractivity contribution in [2.75, 3.05) is 11.9 Å². The van der Waals surface area contributed by atoms with Crippen LogP contribution in [0.4, 0.5) is 5.13 Å². The third-order valence-electron chi connectivity index (χ3n) is 2.43. The van der Waals surface area contributed by atoms with Crippen molar-refractivity contribution in [3.8, 4) is 0 Å². The molecule has 1 aromatic heterocycles. The first-order chi connectivity index (χ1) is 7.74. The van der Waals surface area contributed by atoms with Crippen LogP contribution in [0.1, 0.15) is 16.0 Å². The molecular weight excluding hydrogens is 216 g/mol. The lowest BCUT2D eigenvalue weighted by Crippen LogP contribution is -2.04. The Balaban J connectivity index is 1.82. The van der Waals surface area contributed by atoms with Crippen LogP contribution in [0.25, 0.3) is 0 Å². The molecule has 0 saturated carbocycles. The molecule has 84 valence electrons. The highest BCUT2D eigenvalue weighted by atomic mass is 32.1. The lowest BCUT2D eigenvalue weighted by atomic mass is 10.1. The highest BCUT2D eigenvalue weighted by Gasteiger charge is 1.97.